The first-order valence-corrected chi connectivity index (χ1v) is 10.8. The molecule has 0 aromatic heterocycles. The standard InChI is InChI=1S/C24H34N2O4/c1-15-7-9-24(10-8-15)21(28)26(22(29)25-24)13-20(27)30-14-19-16(2)11-18(12-17(19)3)23(4,5)6/h11-12,15H,7-10,13-14H2,1-6H3,(H,25,29). The fraction of sp³-hybridized carbons (Fsp3) is 0.625. The minimum Gasteiger partial charge on any atom is -0.459 e. The number of carbonyl (C=O) groups excluding carboxylic acids is 3. The maximum absolute atomic E-state index is 12.9. The normalized spacial score (nSPS) is 24.3. The minimum atomic E-state index is -0.833. The maximum Gasteiger partial charge on any atom is 0.326 e. The molecule has 1 heterocycles. The number of nitrogens with zero attached hydrogens (tertiary/aromatic N) is 1. The first kappa shape index (κ1) is 22.3. The van der Waals surface area contributed by atoms with E-state index >= 15 is 0 Å². The van der Waals surface area contributed by atoms with Crippen molar-refractivity contribution in [2.24, 2.45) is 5.92 Å². The zero-order valence-electron chi connectivity index (χ0n) is 19.1. The van der Waals surface area contributed by atoms with Crippen LogP contribution in [0.2, 0.25) is 0 Å². The molecule has 0 bridgehead atoms. The van der Waals surface area contributed by atoms with E-state index in [4.69, 9.17) is 4.74 Å². The van der Waals surface area contributed by atoms with Crippen molar-refractivity contribution in [3.8, 4) is 0 Å². The molecule has 1 aromatic rings. The van der Waals surface area contributed by atoms with Gasteiger partial charge in [-0.25, -0.2) is 4.79 Å². The third-order valence-corrected chi connectivity index (χ3v) is 6.60. The molecule has 1 spiro atoms. The van der Waals surface area contributed by atoms with E-state index in [0.717, 1.165) is 34.4 Å². The van der Waals surface area contributed by atoms with Crippen molar-refractivity contribution in [2.45, 2.75) is 84.8 Å². The van der Waals surface area contributed by atoms with Gasteiger partial charge in [-0.15, -0.1) is 0 Å². The van der Waals surface area contributed by atoms with Crippen LogP contribution in [-0.4, -0.2) is 34.9 Å². The Kier molecular flexibility index (Phi) is 5.99. The van der Waals surface area contributed by atoms with Gasteiger partial charge in [-0.2, -0.15) is 0 Å². The number of hydrogen-bond acceptors (Lipinski definition) is 4. The first-order chi connectivity index (χ1) is 13.9. The Balaban J connectivity index is 1.63. The molecule has 1 aliphatic carbocycles. The molecule has 1 N–H and O–H groups in total. The molecule has 3 amide bonds. The number of rotatable bonds is 4. The van der Waals surface area contributed by atoms with Crippen LogP contribution in [0, 0.1) is 19.8 Å². The second-order valence-corrected chi connectivity index (χ2v) is 10.1. The zero-order valence-corrected chi connectivity index (χ0v) is 19.1. The van der Waals surface area contributed by atoms with Crippen LogP contribution in [0.5, 0.6) is 0 Å². The number of carbonyl (C=O) groups is 3. The zero-order chi connectivity index (χ0) is 22.3. The van der Waals surface area contributed by atoms with Crippen LogP contribution >= 0.6 is 0 Å². The summed E-state index contributed by atoms with van der Waals surface area (Å²) in [6.07, 6.45) is 3.05. The van der Waals surface area contributed by atoms with Gasteiger partial charge in [0.15, 0.2) is 0 Å². The Bertz CT molecular complexity index is 837. The number of ether oxygens (including phenoxy) is 1. The summed E-state index contributed by atoms with van der Waals surface area (Å²) in [6, 6.07) is 3.76. The summed E-state index contributed by atoms with van der Waals surface area (Å²) < 4.78 is 5.45. The second-order valence-electron chi connectivity index (χ2n) is 10.1. The lowest BCUT2D eigenvalue weighted by atomic mass is 9.77. The van der Waals surface area contributed by atoms with Crippen LogP contribution in [0.25, 0.3) is 0 Å². The number of hydrogen-bond donors (Lipinski definition) is 1. The lowest BCUT2D eigenvalue weighted by molar-refractivity contribution is -0.149. The van der Waals surface area contributed by atoms with Crippen LogP contribution in [0.3, 0.4) is 0 Å². The number of amides is 3. The van der Waals surface area contributed by atoms with E-state index < -0.39 is 17.5 Å². The Morgan fingerprint density at radius 2 is 1.73 bits per heavy atom. The number of urea groups is 1. The molecule has 6 nitrogen and oxygen atoms in total. The number of aryl methyl sites for hydroxylation is 2. The predicted octanol–water partition coefficient (Wildman–Crippen LogP) is 4.14. The van der Waals surface area contributed by atoms with E-state index in [1.165, 1.54) is 5.56 Å². The number of nitrogens with one attached hydrogen (secondary N) is 1. The van der Waals surface area contributed by atoms with Crippen LogP contribution < -0.4 is 5.32 Å². The summed E-state index contributed by atoms with van der Waals surface area (Å²) >= 11 is 0. The van der Waals surface area contributed by atoms with E-state index in [1.54, 1.807) is 0 Å². The van der Waals surface area contributed by atoms with Crippen LogP contribution in [0.4, 0.5) is 4.79 Å². The Hall–Kier alpha value is -2.37. The topological polar surface area (TPSA) is 75.7 Å². The van der Waals surface area contributed by atoms with Gasteiger partial charge in [0.2, 0.25) is 0 Å². The molecule has 0 unspecified atom stereocenters. The van der Waals surface area contributed by atoms with Gasteiger partial charge in [-0.1, -0.05) is 39.8 Å². The van der Waals surface area contributed by atoms with Crippen LogP contribution in [0.1, 0.15) is 75.6 Å². The average Bonchev–Trinajstić information content (AvgIpc) is 2.87. The van der Waals surface area contributed by atoms with Crippen molar-refractivity contribution >= 4 is 17.9 Å². The van der Waals surface area contributed by atoms with Gasteiger partial charge < -0.3 is 10.1 Å². The van der Waals surface area contributed by atoms with Crippen LogP contribution in [-0.2, 0) is 26.3 Å². The van der Waals surface area contributed by atoms with Crippen molar-refractivity contribution in [3.05, 3.63) is 34.4 Å². The van der Waals surface area contributed by atoms with Gasteiger partial charge in [0, 0.05) is 0 Å². The van der Waals surface area contributed by atoms with Crippen molar-refractivity contribution in [1.82, 2.24) is 10.2 Å². The molecule has 1 aromatic carbocycles. The molecule has 1 aliphatic heterocycles. The lowest BCUT2D eigenvalue weighted by Crippen LogP contribution is -2.49. The third kappa shape index (κ3) is 4.37. The third-order valence-electron chi connectivity index (χ3n) is 6.60. The summed E-state index contributed by atoms with van der Waals surface area (Å²) in [5.74, 6) is -0.313. The molecule has 2 aliphatic rings. The summed E-state index contributed by atoms with van der Waals surface area (Å²) in [4.78, 5) is 38.7. The highest BCUT2D eigenvalue weighted by molar-refractivity contribution is 6.08. The van der Waals surface area contributed by atoms with Gasteiger partial charge in [0.05, 0.1) is 0 Å². The molecule has 0 radical (unpaired) electrons. The molecule has 1 saturated carbocycles. The Morgan fingerprint density at radius 3 is 2.27 bits per heavy atom. The van der Waals surface area contributed by atoms with Crippen LogP contribution in [0.15, 0.2) is 12.1 Å². The molecular formula is C24H34N2O4. The van der Waals surface area contributed by atoms with E-state index in [9.17, 15) is 14.4 Å². The molecule has 164 valence electrons. The van der Waals surface area contributed by atoms with Gasteiger partial charge in [-0.05, 0) is 73.1 Å². The maximum atomic E-state index is 12.9. The predicted molar refractivity (Wildman–Crippen MR) is 115 cm³/mol. The minimum absolute atomic E-state index is 0.0427. The Morgan fingerprint density at radius 1 is 1.17 bits per heavy atom. The van der Waals surface area contributed by atoms with E-state index in [-0.39, 0.29) is 24.5 Å². The number of imide groups is 1. The largest absolute Gasteiger partial charge is 0.459 e. The molecule has 0 atom stereocenters. The smallest absolute Gasteiger partial charge is 0.326 e. The summed E-state index contributed by atoms with van der Waals surface area (Å²) in [7, 11) is 0. The van der Waals surface area contributed by atoms with Crippen molar-refractivity contribution in [1.29, 1.82) is 0 Å². The average molecular weight is 415 g/mol. The number of benzene rings is 1. The molecule has 3 rings (SSSR count). The molecule has 2 fully saturated rings. The summed E-state index contributed by atoms with van der Waals surface area (Å²) in [5, 5.41) is 2.84. The monoisotopic (exact) mass is 414 g/mol. The summed E-state index contributed by atoms with van der Waals surface area (Å²) in [6.45, 7) is 12.5. The molecule has 6 heteroatoms. The van der Waals surface area contributed by atoms with Gasteiger partial charge in [-0.3, -0.25) is 14.5 Å². The molecule has 30 heavy (non-hydrogen) atoms. The number of esters is 1. The second kappa shape index (κ2) is 8.05. The van der Waals surface area contributed by atoms with Crippen molar-refractivity contribution in [2.75, 3.05) is 6.54 Å². The lowest BCUT2D eigenvalue weighted by Gasteiger charge is -2.33. The fourth-order valence-electron chi connectivity index (χ4n) is 4.40. The fourth-order valence-corrected chi connectivity index (χ4v) is 4.40. The van der Waals surface area contributed by atoms with Crippen molar-refractivity contribution < 1.29 is 19.1 Å². The SMILES string of the molecule is Cc1cc(C(C)(C)C)cc(C)c1COC(=O)CN1C(=O)NC2(CCC(C)CC2)C1=O. The quantitative estimate of drug-likeness (QED) is 0.593. The van der Waals surface area contributed by atoms with Crippen molar-refractivity contribution in [3.63, 3.8) is 0 Å². The van der Waals surface area contributed by atoms with E-state index in [2.05, 4.69) is 45.1 Å². The van der Waals surface area contributed by atoms with Gasteiger partial charge >= 0.3 is 12.0 Å². The first-order valence-electron chi connectivity index (χ1n) is 10.8. The summed E-state index contributed by atoms with van der Waals surface area (Å²) in [5.41, 5.74) is 3.54. The molecular weight excluding hydrogens is 380 g/mol. The molecule has 1 saturated heterocycles. The van der Waals surface area contributed by atoms with E-state index in [1.807, 2.05) is 13.8 Å². The van der Waals surface area contributed by atoms with Gasteiger partial charge in [0.1, 0.15) is 18.7 Å². The highest BCUT2D eigenvalue weighted by Crippen LogP contribution is 2.36. The van der Waals surface area contributed by atoms with E-state index in [0.29, 0.717) is 18.8 Å². The highest BCUT2D eigenvalue weighted by atomic mass is 16.5. The van der Waals surface area contributed by atoms with Gasteiger partial charge in [0.25, 0.3) is 5.91 Å². The Labute approximate surface area is 179 Å². The highest BCUT2D eigenvalue weighted by Gasteiger charge is 2.52.